The molecular weight excluding hydrogens is 376 g/mol. The molecule has 1 aromatic heterocycles. The lowest BCUT2D eigenvalue weighted by molar-refractivity contribution is 0.548. The molecule has 0 amide bonds. The molecule has 2 unspecified atom stereocenters. The molecule has 0 fully saturated rings. The predicted molar refractivity (Wildman–Crippen MR) is 128 cm³/mol. The standard InChI is InChI=1S/C29H20N2/c1-2-8-20-17-21(14-13-19(20)7-1)22-15-16-23-24-9-3-5-11-27(24)31-28-12-6-4-10-26(28)30-29(31)25(23)18-22/h1-18,24,27H. The summed E-state index contributed by atoms with van der Waals surface area (Å²) in [5.41, 5.74) is 7.33. The Balaban J connectivity index is 1.48. The van der Waals surface area contributed by atoms with Crippen molar-refractivity contribution in [1.29, 1.82) is 0 Å². The number of hydrogen-bond acceptors (Lipinski definition) is 1. The number of para-hydroxylation sites is 2. The third kappa shape index (κ3) is 2.42. The topological polar surface area (TPSA) is 17.8 Å². The van der Waals surface area contributed by atoms with E-state index in [1.54, 1.807) is 0 Å². The number of imidazole rings is 1. The molecule has 7 rings (SSSR count). The first-order chi connectivity index (χ1) is 15.4. The number of rotatable bonds is 1. The number of nitrogens with zero attached hydrogens (tertiary/aromatic N) is 2. The van der Waals surface area contributed by atoms with E-state index in [0.717, 1.165) is 11.3 Å². The van der Waals surface area contributed by atoms with Gasteiger partial charge in [0.25, 0.3) is 0 Å². The summed E-state index contributed by atoms with van der Waals surface area (Å²) in [6, 6.07) is 30.9. The van der Waals surface area contributed by atoms with Gasteiger partial charge in [0.05, 0.1) is 17.1 Å². The molecule has 0 saturated heterocycles. The molecule has 0 spiro atoms. The largest absolute Gasteiger partial charge is 0.316 e. The van der Waals surface area contributed by atoms with Crippen molar-refractivity contribution in [3.05, 3.63) is 115 Å². The highest BCUT2D eigenvalue weighted by molar-refractivity contribution is 5.89. The highest BCUT2D eigenvalue weighted by Gasteiger charge is 2.34. The number of hydrogen-bond donors (Lipinski definition) is 0. The Bertz CT molecular complexity index is 1550. The summed E-state index contributed by atoms with van der Waals surface area (Å²) < 4.78 is 2.42. The minimum atomic E-state index is 0.270. The van der Waals surface area contributed by atoms with Crippen LogP contribution in [0.4, 0.5) is 0 Å². The minimum Gasteiger partial charge on any atom is -0.316 e. The van der Waals surface area contributed by atoms with Gasteiger partial charge in [-0.1, -0.05) is 85.0 Å². The van der Waals surface area contributed by atoms with Crippen LogP contribution in [0.15, 0.2) is 109 Å². The maximum absolute atomic E-state index is 5.08. The second kappa shape index (κ2) is 6.29. The van der Waals surface area contributed by atoms with Crippen molar-refractivity contribution in [2.75, 3.05) is 0 Å². The second-order valence-corrected chi connectivity index (χ2v) is 8.44. The van der Waals surface area contributed by atoms with Crippen molar-refractivity contribution in [3.63, 3.8) is 0 Å². The number of benzene rings is 4. The van der Waals surface area contributed by atoms with Crippen LogP contribution < -0.4 is 0 Å². The molecule has 2 atom stereocenters. The lowest BCUT2D eigenvalue weighted by atomic mass is 9.81. The predicted octanol–water partition coefficient (Wildman–Crippen LogP) is 7.29. The average molecular weight is 396 g/mol. The van der Waals surface area contributed by atoms with Gasteiger partial charge >= 0.3 is 0 Å². The Morgan fingerprint density at radius 2 is 1.45 bits per heavy atom. The molecule has 5 aromatic rings. The van der Waals surface area contributed by atoms with Gasteiger partial charge in [-0.2, -0.15) is 0 Å². The summed E-state index contributed by atoms with van der Waals surface area (Å²) in [6.45, 7) is 0. The zero-order chi connectivity index (χ0) is 20.4. The molecule has 2 nitrogen and oxygen atoms in total. The van der Waals surface area contributed by atoms with Gasteiger partial charge < -0.3 is 4.57 Å². The van der Waals surface area contributed by atoms with E-state index in [1.165, 1.54) is 38.5 Å². The van der Waals surface area contributed by atoms with Gasteiger partial charge in [0.15, 0.2) is 0 Å². The average Bonchev–Trinajstić information content (AvgIpc) is 3.24. The summed E-state index contributed by atoms with van der Waals surface area (Å²) >= 11 is 0. The Kier molecular flexibility index (Phi) is 3.42. The quantitative estimate of drug-likeness (QED) is 0.291. The monoisotopic (exact) mass is 396 g/mol. The van der Waals surface area contributed by atoms with E-state index in [0.29, 0.717) is 5.92 Å². The van der Waals surface area contributed by atoms with E-state index in [1.807, 2.05) is 0 Å². The van der Waals surface area contributed by atoms with E-state index in [2.05, 4.69) is 114 Å². The molecule has 1 aliphatic carbocycles. The smallest absolute Gasteiger partial charge is 0.142 e. The zero-order valence-corrected chi connectivity index (χ0v) is 16.9. The molecule has 2 heterocycles. The van der Waals surface area contributed by atoms with Crippen LogP contribution in [0.1, 0.15) is 17.5 Å². The first kappa shape index (κ1) is 16.8. The van der Waals surface area contributed by atoms with E-state index >= 15 is 0 Å². The van der Waals surface area contributed by atoms with Crippen LogP contribution in [0, 0.1) is 0 Å². The van der Waals surface area contributed by atoms with E-state index < -0.39 is 0 Å². The summed E-state index contributed by atoms with van der Waals surface area (Å²) in [4.78, 5) is 5.08. The molecule has 0 bridgehead atoms. The van der Waals surface area contributed by atoms with E-state index in [9.17, 15) is 0 Å². The van der Waals surface area contributed by atoms with Gasteiger partial charge in [-0.3, -0.25) is 0 Å². The van der Waals surface area contributed by atoms with Crippen molar-refractivity contribution >= 4 is 21.8 Å². The maximum atomic E-state index is 5.08. The van der Waals surface area contributed by atoms with Crippen molar-refractivity contribution in [2.45, 2.75) is 12.0 Å². The van der Waals surface area contributed by atoms with Gasteiger partial charge in [-0.05, 0) is 51.7 Å². The Hall–Kier alpha value is -3.91. The van der Waals surface area contributed by atoms with Gasteiger partial charge in [0.1, 0.15) is 5.82 Å². The SMILES string of the molecule is C1=CC2c3ccc(-c4ccc5ccccc5c4)cc3-c3nc4ccccc4n3C2C=C1. The van der Waals surface area contributed by atoms with Crippen LogP contribution in [0.3, 0.4) is 0 Å². The molecule has 4 aromatic carbocycles. The van der Waals surface area contributed by atoms with Crippen molar-refractivity contribution in [2.24, 2.45) is 0 Å². The fourth-order valence-electron chi connectivity index (χ4n) is 5.26. The summed E-state index contributed by atoms with van der Waals surface area (Å²) in [7, 11) is 0. The number of aromatic nitrogens is 2. The molecule has 146 valence electrons. The molecule has 0 saturated carbocycles. The molecule has 0 N–H and O–H groups in total. The van der Waals surface area contributed by atoms with Crippen molar-refractivity contribution in [1.82, 2.24) is 9.55 Å². The second-order valence-electron chi connectivity index (χ2n) is 8.44. The highest BCUT2D eigenvalue weighted by atomic mass is 15.1. The first-order valence-electron chi connectivity index (χ1n) is 10.8. The Morgan fingerprint density at radius 3 is 2.42 bits per heavy atom. The molecule has 2 heteroatoms. The van der Waals surface area contributed by atoms with Crippen molar-refractivity contribution < 1.29 is 0 Å². The normalized spacial score (nSPS) is 18.7. The van der Waals surface area contributed by atoms with Crippen LogP contribution in [0.5, 0.6) is 0 Å². The Labute approximate surface area is 180 Å². The minimum absolute atomic E-state index is 0.270. The van der Waals surface area contributed by atoms with Crippen LogP contribution in [0.25, 0.3) is 44.3 Å². The third-order valence-electron chi connectivity index (χ3n) is 6.74. The van der Waals surface area contributed by atoms with Gasteiger partial charge in [0.2, 0.25) is 0 Å². The molecule has 1 aliphatic heterocycles. The zero-order valence-electron chi connectivity index (χ0n) is 16.9. The first-order valence-corrected chi connectivity index (χ1v) is 10.8. The number of allylic oxidation sites excluding steroid dienone is 4. The fourth-order valence-corrected chi connectivity index (χ4v) is 5.26. The lowest BCUT2D eigenvalue weighted by Gasteiger charge is -2.34. The summed E-state index contributed by atoms with van der Waals surface area (Å²) in [5.74, 6) is 1.40. The van der Waals surface area contributed by atoms with Crippen LogP contribution in [-0.2, 0) is 0 Å². The lowest BCUT2D eigenvalue weighted by Crippen LogP contribution is -2.22. The van der Waals surface area contributed by atoms with Crippen molar-refractivity contribution in [3.8, 4) is 22.5 Å². The van der Waals surface area contributed by atoms with Gasteiger partial charge in [-0.25, -0.2) is 4.98 Å². The fraction of sp³-hybridized carbons (Fsp3) is 0.0690. The van der Waals surface area contributed by atoms with Crippen LogP contribution >= 0.6 is 0 Å². The van der Waals surface area contributed by atoms with Gasteiger partial charge in [0, 0.05) is 11.5 Å². The maximum Gasteiger partial charge on any atom is 0.142 e. The van der Waals surface area contributed by atoms with Crippen LogP contribution in [0.2, 0.25) is 0 Å². The highest BCUT2D eigenvalue weighted by Crippen LogP contribution is 2.47. The van der Waals surface area contributed by atoms with Crippen LogP contribution in [-0.4, -0.2) is 9.55 Å². The summed E-state index contributed by atoms with van der Waals surface area (Å²) in [6.07, 6.45) is 8.97. The molecule has 2 aliphatic rings. The number of fused-ring (bicyclic) bond motifs is 9. The van der Waals surface area contributed by atoms with E-state index in [4.69, 9.17) is 4.98 Å². The Morgan fingerprint density at radius 1 is 0.677 bits per heavy atom. The molecular formula is C29H20N2. The molecule has 0 radical (unpaired) electrons. The third-order valence-corrected chi connectivity index (χ3v) is 6.74. The van der Waals surface area contributed by atoms with Gasteiger partial charge in [-0.15, -0.1) is 0 Å². The van der Waals surface area contributed by atoms with E-state index in [-0.39, 0.29) is 6.04 Å². The molecule has 31 heavy (non-hydrogen) atoms. The summed E-state index contributed by atoms with van der Waals surface area (Å²) in [5, 5.41) is 2.54.